The number of hydrogen-bond acceptors (Lipinski definition) is 2. The van der Waals surface area contributed by atoms with Gasteiger partial charge in [-0.15, -0.1) is 0 Å². The Bertz CT molecular complexity index is 702. The quantitative estimate of drug-likeness (QED) is 0.755. The predicted octanol–water partition coefficient (Wildman–Crippen LogP) is 2.67. The highest BCUT2D eigenvalue weighted by Crippen LogP contribution is 2.26. The summed E-state index contributed by atoms with van der Waals surface area (Å²) in [5.74, 6) is -0.0198. The van der Waals surface area contributed by atoms with Crippen LogP contribution >= 0.6 is 23.2 Å². The second-order valence-electron chi connectivity index (χ2n) is 4.94. The molecule has 22 heavy (non-hydrogen) atoms. The van der Waals surface area contributed by atoms with E-state index in [-0.39, 0.29) is 11.5 Å². The Morgan fingerprint density at radius 1 is 1.18 bits per heavy atom. The number of amides is 1. The average molecular weight is 342 g/mol. The molecule has 0 unspecified atom stereocenters. The number of carbonyl (C=O) groups excluding carboxylic acids is 1. The van der Waals surface area contributed by atoms with Crippen LogP contribution in [0.2, 0.25) is 10.0 Å². The molecule has 5 nitrogen and oxygen atoms in total. The third-order valence-electron chi connectivity index (χ3n) is 3.49. The molecule has 0 aliphatic carbocycles. The fraction of sp³-hybridized carbons (Fsp3) is 0.333. The maximum Gasteiger partial charge on any atom is 0.267 e. The molecule has 0 aliphatic rings. The minimum atomic E-state index is -0.189. The van der Waals surface area contributed by atoms with Gasteiger partial charge in [0.25, 0.3) is 5.56 Å². The van der Waals surface area contributed by atoms with E-state index in [0.29, 0.717) is 41.3 Å². The van der Waals surface area contributed by atoms with Gasteiger partial charge >= 0.3 is 0 Å². The van der Waals surface area contributed by atoms with Gasteiger partial charge in [-0.25, -0.2) is 0 Å². The standard InChI is InChI=1S/C15H17Cl2N3O2/c1-18-14(21)7-3-6-13-10(15(22)20-19-13)8-9-11(16)4-2-5-12(9)17/h2,4-5H,3,6-8H2,1H3,(H,18,21)(H2,19,20,22). The van der Waals surface area contributed by atoms with E-state index in [0.717, 1.165) is 11.3 Å². The fourth-order valence-electron chi connectivity index (χ4n) is 2.25. The van der Waals surface area contributed by atoms with E-state index in [1.807, 2.05) is 0 Å². The molecule has 0 aliphatic heterocycles. The predicted molar refractivity (Wildman–Crippen MR) is 87.7 cm³/mol. The van der Waals surface area contributed by atoms with Crippen LogP contribution in [0.5, 0.6) is 0 Å². The van der Waals surface area contributed by atoms with E-state index < -0.39 is 0 Å². The normalized spacial score (nSPS) is 10.7. The summed E-state index contributed by atoms with van der Waals surface area (Å²) in [6.45, 7) is 0. The zero-order chi connectivity index (χ0) is 16.1. The molecule has 118 valence electrons. The van der Waals surface area contributed by atoms with Crippen LogP contribution in [0.25, 0.3) is 0 Å². The lowest BCUT2D eigenvalue weighted by molar-refractivity contribution is -0.120. The van der Waals surface area contributed by atoms with Crippen LogP contribution in [0.3, 0.4) is 0 Å². The maximum atomic E-state index is 12.0. The molecule has 1 heterocycles. The van der Waals surface area contributed by atoms with E-state index >= 15 is 0 Å². The van der Waals surface area contributed by atoms with Crippen molar-refractivity contribution in [1.29, 1.82) is 0 Å². The first-order chi connectivity index (χ1) is 10.5. The van der Waals surface area contributed by atoms with Crippen LogP contribution in [0.15, 0.2) is 23.0 Å². The van der Waals surface area contributed by atoms with Crippen LogP contribution in [0.1, 0.15) is 29.7 Å². The van der Waals surface area contributed by atoms with E-state index in [2.05, 4.69) is 15.5 Å². The molecule has 2 rings (SSSR count). The molecule has 0 spiro atoms. The first-order valence-corrected chi connectivity index (χ1v) is 7.70. The number of carbonyl (C=O) groups is 1. The van der Waals surface area contributed by atoms with Gasteiger partial charge < -0.3 is 10.4 Å². The van der Waals surface area contributed by atoms with E-state index in [4.69, 9.17) is 23.2 Å². The second kappa shape index (κ2) is 7.51. The maximum absolute atomic E-state index is 12.0. The highest BCUT2D eigenvalue weighted by molar-refractivity contribution is 6.36. The highest BCUT2D eigenvalue weighted by atomic mass is 35.5. The molecular weight excluding hydrogens is 325 g/mol. The van der Waals surface area contributed by atoms with Crippen molar-refractivity contribution in [2.45, 2.75) is 25.7 Å². The monoisotopic (exact) mass is 341 g/mol. The molecule has 7 heteroatoms. The summed E-state index contributed by atoms with van der Waals surface area (Å²) in [6.07, 6.45) is 2.02. The summed E-state index contributed by atoms with van der Waals surface area (Å²) in [5.41, 5.74) is 1.92. The Kier molecular flexibility index (Phi) is 5.69. The molecule has 0 fully saturated rings. The Morgan fingerprint density at radius 2 is 1.86 bits per heavy atom. The fourth-order valence-corrected chi connectivity index (χ4v) is 2.78. The molecule has 0 atom stereocenters. The molecule has 3 N–H and O–H groups in total. The molecule has 0 bridgehead atoms. The van der Waals surface area contributed by atoms with Crippen molar-refractivity contribution in [2.24, 2.45) is 0 Å². The Morgan fingerprint density at radius 3 is 2.50 bits per heavy atom. The summed E-state index contributed by atoms with van der Waals surface area (Å²) < 4.78 is 0. The smallest absolute Gasteiger partial charge is 0.267 e. The number of H-pyrrole nitrogens is 2. The van der Waals surface area contributed by atoms with Crippen LogP contribution < -0.4 is 10.9 Å². The summed E-state index contributed by atoms with van der Waals surface area (Å²) in [6, 6.07) is 5.25. The third-order valence-corrected chi connectivity index (χ3v) is 4.20. The van der Waals surface area contributed by atoms with Crippen LogP contribution in [-0.2, 0) is 17.6 Å². The van der Waals surface area contributed by atoms with Gasteiger partial charge in [-0.2, -0.15) is 0 Å². The number of hydrogen-bond donors (Lipinski definition) is 3. The van der Waals surface area contributed by atoms with Gasteiger partial charge in [0.05, 0.1) is 0 Å². The van der Waals surface area contributed by atoms with Gasteiger partial charge in [-0.1, -0.05) is 29.3 Å². The third kappa shape index (κ3) is 3.93. The van der Waals surface area contributed by atoms with Gasteiger partial charge in [-0.05, 0) is 30.5 Å². The average Bonchev–Trinajstić information content (AvgIpc) is 2.83. The minimum Gasteiger partial charge on any atom is -0.359 e. The molecular formula is C15H17Cl2N3O2. The van der Waals surface area contributed by atoms with Crippen molar-refractivity contribution in [3.05, 3.63) is 55.4 Å². The van der Waals surface area contributed by atoms with Gasteiger partial charge in [-0.3, -0.25) is 14.7 Å². The lowest BCUT2D eigenvalue weighted by Crippen LogP contribution is -2.17. The minimum absolute atomic E-state index is 0.0198. The van der Waals surface area contributed by atoms with Crippen molar-refractivity contribution in [3.8, 4) is 0 Å². The van der Waals surface area contributed by atoms with Crippen molar-refractivity contribution in [3.63, 3.8) is 0 Å². The van der Waals surface area contributed by atoms with Crippen LogP contribution in [0, 0.1) is 0 Å². The first kappa shape index (κ1) is 16.6. The number of aromatic amines is 2. The number of halogens is 2. The van der Waals surface area contributed by atoms with E-state index in [1.54, 1.807) is 25.2 Å². The van der Waals surface area contributed by atoms with Gasteiger partial charge in [0.1, 0.15) is 0 Å². The largest absolute Gasteiger partial charge is 0.359 e. The molecule has 1 aromatic heterocycles. The number of nitrogens with one attached hydrogen (secondary N) is 3. The number of aromatic nitrogens is 2. The number of rotatable bonds is 6. The van der Waals surface area contributed by atoms with Gasteiger partial charge in [0, 0.05) is 41.2 Å². The topological polar surface area (TPSA) is 77.8 Å². The summed E-state index contributed by atoms with van der Waals surface area (Å²) in [4.78, 5) is 23.2. The molecule has 0 saturated carbocycles. The molecule has 0 radical (unpaired) electrons. The number of benzene rings is 1. The second-order valence-corrected chi connectivity index (χ2v) is 5.75. The lowest BCUT2D eigenvalue weighted by atomic mass is 10.0. The Hall–Kier alpha value is -1.72. The van der Waals surface area contributed by atoms with Crippen molar-refractivity contribution in [1.82, 2.24) is 15.5 Å². The van der Waals surface area contributed by atoms with Crippen LogP contribution in [0.4, 0.5) is 0 Å². The number of aryl methyl sites for hydroxylation is 1. The Labute approximate surface area is 138 Å². The summed E-state index contributed by atoms with van der Waals surface area (Å²) in [5, 5.41) is 9.09. The van der Waals surface area contributed by atoms with Crippen molar-refractivity contribution < 1.29 is 4.79 Å². The molecule has 0 saturated heterocycles. The summed E-state index contributed by atoms with van der Waals surface area (Å²) in [7, 11) is 1.60. The zero-order valence-corrected chi connectivity index (χ0v) is 13.6. The molecule has 1 aromatic carbocycles. The first-order valence-electron chi connectivity index (χ1n) is 6.94. The molecule has 2 aromatic rings. The van der Waals surface area contributed by atoms with Crippen LogP contribution in [-0.4, -0.2) is 23.2 Å². The van der Waals surface area contributed by atoms with E-state index in [9.17, 15) is 9.59 Å². The Balaban J connectivity index is 2.16. The van der Waals surface area contributed by atoms with E-state index in [1.165, 1.54) is 0 Å². The SMILES string of the molecule is CNC(=O)CCCc1[nH][nH]c(=O)c1Cc1c(Cl)cccc1Cl. The zero-order valence-electron chi connectivity index (χ0n) is 12.1. The van der Waals surface area contributed by atoms with Crippen molar-refractivity contribution in [2.75, 3.05) is 7.05 Å². The lowest BCUT2D eigenvalue weighted by Gasteiger charge is -2.07. The van der Waals surface area contributed by atoms with Gasteiger partial charge in [0.2, 0.25) is 5.91 Å². The summed E-state index contributed by atoms with van der Waals surface area (Å²) >= 11 is 12.3. The van der Waals surface area contributed by atoms with Gasteiger partial charge in [0.15, 0.2) is 0 Å². The molecule has 1 amide bonds. The van der Waals surface area contributed by atoms with Crippen molar-refractivity contribution >= 4 is 29.1 Å². The highest BCUT2D eigenvalue weighted by Gasteiger charge is 2.14.